The van der Waals surface area contributed by atoms with E-state index >= 15 is 0 Å². The van der Waals surface area contributed by atoms with Gasteiger partial charge in [-0.3, -0.25) is 0 Å². The van der Waals surface area contributed by atoms with Gasteiger partial charge in [-0.2, -0.15) is 0 Å². The summed E-state index contributed by atoms with van der Waals surface area (Å²) in [6.07, 6.45) is 0. The van der Waals surface area contributed by atoms with Crippen LogP contribution in [0.4, 0.5) is 0 Å². The van der Waals surface area contributed by atoms with Gasteiger partial charge in [0.05, 0.1) is 22.7 Å². The molecule has 0 amide bonds. The van der Waals surface area contributed by atoms with Crippen molar-refractivity contribution >= 4 is 22.7 Å². The second-order valence-electron chi connectivity index (χ2n) is 0.641. The molecule has 1 heterocycles. The van der Waals surface area contributed by atoms with E-state index in [4.69, 9.17) is 0 Å². The smallest absolute Gasteiger partial charge is 0.242 e. The standard InChI is InChI=1S/C3H3S2.HI/c1-2-5-3-4-1;/h1-3H;1H/q+1;/p-1. The molecule has 1 aromatic rings. The highest BCUT2D eigenvalue weighted by molar-refractivity contribution is 7.25. The van der Waals surface area contributed by atoms with Gasteiger partial charge in [0.1, 0.15) is 10.8 Å². The monoisotopic (exact) mass is 230 g/mol. The van der Waals surface area contributed by atoms with E-state index in [1.165, 1.54) is 0 Å². The molecule has 1 aromatic heterocycles. The fourth-order valence-corrected chi connectivity index (χ4v) is 1.44. The highest BCUT2D eigenvalue weighted by Gasteiger charge is 1.77. The topological polar surface area (TPSA) is 0 Å². The summed E-state index contributed by atoms with van der Waals surface area (Å²) in [5.74, 6) is 0. The maximum Gasteiger partial charge on any atom is 0.242 e. The minimum Gasteiger partial charge on any atom is -1.00 e. The van der Waals surface area contributed by atoms with E-state index < -0.39 is 0 Å². The molecule has 0 unspecified atom stereocenters. The van der Waals surface area contributed by atoms with Gasteiger partial charge in [0.15, 0.2) is 0 Å². The molecule has 6 heavy (non-hydrogen) atoms. The Morgan fingerprint density at radius 2 is 2.33 bits per heavy atom. The van der Waals surface area contributed by atoms with Crippen LogP contribution in [0.1, 0.15) is 0 Å². The second-order valence-corrected chi connectivity index (χ2v) is 2.50. The molecular weight excluding hydrogens is 227 g/mol. The molecule has 34 valence electrons. The van der Waals surface area contributed by atoms with E-state index in [-0.39, 0.29) is 24.0 Å². The van der Waals surface area contributed by atoms with Crippen molar-refractivity contribution in [3.05, 3.63) is 15.5 Å². The predicted octanol–water partition coefficient (Wildman–Crippen LogP) is -0.905. The maximum absolute atomic E-state index is 2.08. The molecule has 0 bridgehead atoms. The lowest BCUT2D eigenvalue weighted by Crippen LogP contribution is -3.00. The number of rotatable bonds is 0. The van der Waals surface area contributed by atoms with Gasteiger partial charge in [-0.05, 0) is 0 Å². The van der Waals surface area contributed by atoms with Gasteiger partial charge in [0.25, 0.3) is 0 Å². The van der Waals surface area contributed by atoms with Gasteiger partial charge in [0, 0.05) is 0 Å². The SMILES string of the molecule is [I-].c1c[s+]cs1. The summed E-state index contributed by atoms with van der Waals surface area (Å²) in [5, 5.41) is 4.12. The van der Waals surface area contributed by atoms with E-state index in [9.17, 15) is 0 Å². The third kappa shape index (κ3) is 2.04. The molecule has 0 aliphatic rings. The lowest BCUT2D eigenvalue weighted by molar-refractivity contribution is -0.000000881. The summed E-state index contributed by atoms with van der Waals surface area (Å²) in [7, 11) is 0. The summed E-state index contributed by atoms with van der Waals surface area (Å²) < 4.78 is 2.08. The van der Waals surface area contributed by atoms with Crippen LogP contribution in [0.15, 0.2) is 15.5 Å². The Hall–Kier alpha value is 0.780. The Morgan fingerprint density at radius 3 is 2.50 bits per heavy atom. The Morgan fingerprint density at radius 1 is 1.50 bits per heavy atom. The van der Waals surface area contributed by atoms with Crippen molar-refractivity contribution in [3.8, 4) is 0 Å². The van der Waals surface area contributed by atoms with E-state index in [1.54, 1.807) is 22.7 Å². The highest BCUT2D eigenvalue weighted by Crippen LogP contribution is 2.00. The summed E-state index contributed by atoms with van der Waals surface area (Å²) in [6.45, 7) is 0. The fraction of sp³-hybridized carbons (Fsp3) is 0. The van der Waals surface area contributed by atoms with Crippen LogP contribution in [0.3, 0.4) is 0 Å². The molecule has 0 aliphatic carbocycles. The summed E-state index contributed by atoms with van der Waals surface area (Å²) in [6, 6.07) is 0. The molecule has 3 heteroatoms. The molecule has 0 aromatic carbocycles. The van der Waals surface area contributed by atoms with E-state index in [0.717, 1.165) is 0 Å². The van der Waals surface area contributed by atoms with Crippen LogP contribution in [0, 0.1) is 0 Å². The first-order valence-electron chi connectivity index (χ1n) is 1.28. The summed E-state index contributed by atoms with van der Waals surface area (Å²) in [4.78, 5) is 0. The van der Waals surface area contributed by atoms with Crippen molar-refractivity contribution in [1.29, 1.82) is 0 Å². The molecule has 0 nitrogen and oxygen atoms in total. The van der Waals surface area contributed by atoms with E-state index in [0.29, 0.717) is 0 Å². The molecule has 0 aliphatic heterocycles. The lowest BCUT2D eigenvalue weighted by atomic mass is 11.2. The number of halogens is 1. The van der Waals surface area contributed by atoms with Crippen molar-refractivity contribution in [2.75, 3.05) is 0 Å². The molecule has 0 fully saturated rings. The fourth-order valence-electron chi connectivity index (χ4n) is 0.160. The second kappa shape index (κ2) is 3.95. The van der Waals surface area contributed by atoms with Crippen LogP contribution < -0.4 is 24.0 Å². The van der Waals surface area contributed by atoms with Crippen LogP contribution in [-0.4, -0.2) is 0 Å². The normalized spacial score (nSPS) is 6.67. The molecule has 0 N–H and O–H groups in total. The van der Waals surface area contributed by atoms with Crippen LogP contribution in [0.5, 0.6) is 0 Å². The average molecular weight is 230 g/mol. The first kappa shape index (κ1) is 6.78. The van der Waals surface area contributed by atoms with Gasteiger partial charge < -0.3 is 24.0 Å². The Labute approximate surface area is 61.9 Å². The molecule has 0 spiro atoms. The maximum atomic E-state index is 2.08. The van der Waals surface area contributed by atoms with Crippen molar-refractivity contribution in [2.45, 2.75) is 0 Å². The Balaban J connectivity index is 0.000000250. The molecule has 1 rings (SSSR count). The highest BCUT2D eigenvalue weighted by atomic mass is 127. The van der Waals surface area contributed by atoms with Crippen molar-refractivity contribution in [3.63, 3.8) is 0 Å². The van der Waals surface area contributed by atoms with Gasteiger partial charge in [-0.15, -0.1) is 0 Å². The quantitative estimate of drug-likeness (QED) is 0.400. The van der Waals surface area contributed by atoms with Crippen molar-refractivity contribution < 1.29 is 24.0 Å². The lowest BCUT2D eigenvalue weighted by Gasteiger charge is -1.21. The van der Waals surface area contributed by atoms with E-state index in [2.05, 4.69) is 15.5 Å². The summed E-state index contributed by atoms with van der Waals surface area (Å²) >= 11 is 3.46. The number of hydrogen-bond acceptors (Lipinski definition) is 1. The van der Waals surface area contributed by atoms with Crippen LogP contribution in [-0.2, 0) is 0 Å². The molecule has 0 atom stereocenters. The zero-order chi connectivity index (χ0) is 3.54. The minimum atomic E-state index is 0. The average Bonchev–Trinajstić information content (AvgIpc) is 1.76. The first-order valence-corrected chi connectivity index (χ1v) is 3.16. The van der Waals surface area contributed by atoms with Crippen LogP contribution >= 0.6 is 22.7 Å². The van der Waals surface area contributed by atoms with Gasteiger partial charge in [-0.25, -0.2) is 0 Å². The predicted molar refractivity (Wildman–Crippen MR) is 26.6 cm³/mol. The third-order valence-corrected chi connectivity index (χ3v) is 1.97. The summed E-state index contributed by atoms with van der Waals surface area (Å²) in [5.41, 5.74) is 0. The molecule has 0 radical (unpaired) electrons. The van der Waals surface area contributed by atoms with Gasteiger partial charge >= 0.3 is 0 Å². The van der Waals surface area contributed by atoms with Crippen molar-refractivity contribution in [2.24, 2.45) is 0 Å². The Kier molecular flexibility index (Phi) is 4.47. The van der Waals surface area contributed by atoms with Crippen LogP contribution in [0.2, 0.25) is 0 Å². The van der Waals surface area contributed by atoms with Crippen LogP contribution in [0.25, 0.3) is 0 Å². The molecule has 0 saturated heterocycles. The van der Waals surface area contributed by atoms with Gasteiger partial charge in [0.2, 0.25) is 4.69 Å². The molecular formula is C3H3IS2. The largest absolute Gasteiger partial charge is 1.00 e. The van der Waals surface area contributed by atoms with E-state index in [1.807, 2.05) is 0 Å². The zero-order valence-electron chi connectivity index (χ0n) is 2.93. The molecule has 0 saturated carbocycles. The third-order valence-electron chi connectivity index (χ3n) is 0.324. The minimum absolute atomic E-state index is 0. The number of hydrogen-bond donors (Lipinski definition) is 0. The van der Waals surface area contributed by atoms with Gasteiger partial charge in [-0.1, -0.05) is 0 Å². The van der Waals surface area contributed by atoms with Crippen molar-refractivity contribution in [1.82, 2.24) is 0 Å². The Bertz CT molecular complexity index is 65.3. The first-order chi connectivity index (χ1) is 2.50. The zero-order valence-corrected chi connectivity index (χ0v) is 6.72.